The van der Waals surface area contributed by atoms with E-state index in [0.29, 0.717) is 24.8 Å². The van der Waals surface area contributed by atoms with E-state index < -0.39 is 0 Å². The van der Waals surface area contributed by atoms with E-state index in [9.17, 15) is 9.18 Å². The lowest BCUT2D eigenvalue weighted by Crippen LogP contribution is -2.48. The summed E-state index contributed by atoms with van der Waals surface area (Å²) in [5.74, 6) is -0.236. The van der Waals surface area contributed by atoms with Gasteiger partial charge in [-0.25, -0.2) is 9.18 Å². The number of urea groups is 1. The van der Waals surface area contributed by atoms with E-state index in [1.165, 1.54) is 11.6 Å². The fourth-order valence-electron chi connectivity index (χ4n) is 4.57. The topological polar surface area (TPSA) is 50.9 Å². The molecular weight excluding hydrogens is 405 g/mol. The number of nitrogens with zero attached hydrogens (tertiary/aromatic N) is 3. The molecular formula is C25H34FN5O. The Balaban J connectivity index is 1.27. The number of piperidine rings is 1. The molecule has 2 amide bonds. The molecule has 0 aliphatic carbocycles. The number of halogens is 1. The van der Waals surface area contributed by atoms with Crippen LogP contribution < -0.4 is 15.5 Å². The van der Waals surface area contributed by atoms with Crippen LogP contribution in [0.4, 0.5) is 20.6 Å². The fourth-order valence-corrected chi connectivity index (χ4v) is 4.57. The van der Waals surface area contributed by atoms with Crippen molar-refractivity contribution in [3.05, 3.63) is 59.9 Å². The Morgan fingerprint density at radius 2 is 1.84 bits per heavy atom. The Bertz CT molecular complexity index is 897. The van der Waals surface area contributed by atoms with Crippen molar-refractivity contribution in [3.63, 3.8) is 0 Å². The second-order valence-corrected chi connectivity index (χ2v) is 8.98. The number of para-hydroxylation sites is 1. The van der Waals surface area contributed by atoms with Gasteiger partial charge in [-0.15, -0.1) is 0 Å². The Morgan fingerprint density at radius 1 is 1.12 bits per heavy atom. The van der Waals surface area contributed by atoms with Crippen LogP contribution in [-0.2, 0) is 6.54 Å². The third-order valence-electron chi connectivity index (χ3n) is 6.47. The molecule has 2 heterocycles. The van der Waals surface area contributed by atoms with E-state index in [4.69, 9.17) is 0 Å². The van der Waals surface area contributed by atoms with Crippen molar-refractivity contribution in [2.45, 2.75) is 38.4 Å². The largest absolute Gasteiger partial charge is 0.380 e. The summed E-state index contributed by atoms with van der Waals surface area (Å²) in [7, 11) is 1.83. The molecule has 7 heteroatoms. The average Bonchev–Trinajstić information content (AvgIpc) is 2.81. The first-order valence-electron chi connectivity index (χ1n) is 11.6. The SMILES string of the molecule is C[C@H]1CN(Cc2ccc(N(C)C(=O)N3CCC(Nc4ccccc4F)CC3)cc2)CCN1. The zero-order valence-corrected chi connectivity index (χ0v) is 19.1. The highest BCUT2D eigenvalue weighted by Crippen LogP contribution is 2.22. The molecule has 1 atom stereocenters. The molecule has 2 saturated heterocycles. The molecule has 2 aromatic carbocycles. The first kappa shape index (κ1) is 22.6. The Morgan fingerprint density at radius 3 is 2.53 bits per heavy atom. The molecule has 32 heavy (non-hydrogen) atoms. The van der Waals surface area contributed by atoms with Gasteiger partial charge < -0.3 is 15.5 Å². The molecule has 0 unspecified atom stereocenters. The number of carbonyl (C=O) groups is 1. The third-order valence-corrected chi connectivity index (χ3v) is 6.47. The molecule has 2 aliphatic rings. The van der Waals surface area contributed by atoms with Gasteiger partial charge in [0.1, 0.15) is 5.82 Å². The van der Waals surface area contributed by atoms with Gasteiger partial charge in [-0.2, -0.15) is 0 Å². The van der Waals surface area contributed by atoms with E-state index in [1.807, 2.05) is 30.1 Å². The van der Waals surface area contributed by atoms with Gasteiger partial charge >= 0.3 is 6.03 Å². The highest BCUT2D eigenvalue weighted by atomic mass is 19.1. The lowest BCUT2D eigenvalue weighted by atomic mass is 10.0. The number of likely N-dealkylation sites (tertiary alicyclic amines) is 1. The number of hydrogen-bond donors (Lipinski definition) is 2. The number of amides is 2. The molecule has 0 saturated carbocycles. The minimum Gasteiger partial charge on any atom is -0.380 e. The van der Waals surface area contributed by atoms with E-state index in [1.54, 1.807) is 17.0 Å². The molecule has 4 rings (SSSR count). The molecule has 0 aromatic heterocycles. The van der Waals surface area contributed by atoms with Gasteiger partial charge in [0, 0.05) is 64.1 Å². The van der Waals surface area contributed by atoms with Gasteiger partial charge in [-0.05, 0) is 49.6 Å². The smallest absolute Gasteiger partial charge is 0.324 e. The van der Waals surface area contributed by atoms with Gasteiger partial charge in [0.05, 0.1) is 5.69 Å². The van der Waals surface area contributed by atoms with Gasteiger partial charge in [0.2, 0.25) is 0 Å². The number of rotatable bonds is 5. The highest BCUT2D eigenvalue weighted by Gasteiger charge is 2.26. The van der Waals surface area contributed by atoms with Crippen molar-refractivity contribution in [1.29, 1.82) is 0 Å². The van der Waals surface area contributed by atoms with Crippen molar-refractivity contribution < 1.29 is 9.18 Å². The van der Waals surface area contributed by atoms with E-state index >= 15 is 0 Å². The van der Waals surface area contributed by atoms with Crippen LogP contribution in [0.2, 0.25) is 0 Å². The van der Waals surface area contributed by atoms with Crippen molar-refractivity contribution in [2.24, 2.45) is 0 Å². The number of benzene rings is 2. The molecule has 0 spiro atoms. The van der Waals surface area contributed by atoms with Gasteiger partial charge in [0.15, 0.2) is 0 Å². The van der Waals surface area contributed by atoms with Crippen LogP contribution in [0.5, 0.6) is 0 Å². The summed E-state index contributed by atoms with van der Waals surface area (Å²) in [4.78, 5) is 19.1. The molecule has 0 bridgehead atoms. The quantitative estimate of drug-likeness (QED) is 0.745. The van der Waals surface area contributed by atoms with Crippen molar-refractivity contribution in [1.82, 2.24) is 15.1 Å². The summed E-state index contributed by atoms with van der Waals surface area (Å²) in [6, 6.07) is 15.8. The Kier molecular flexibility index (Phi) is 7.27. The van der Waals surface area contributed by atoms with Crippen molar-refractivity contribution in [2.75, 3.05) is 50.0 Å². The van der Waals surface area contributed by atoms with Crippen LogP contribution in [0.15, 0.2) is 48.5 Å². The monoisotopic (exact) mass is 439 g/mol. The lowest BCUT2D eigenvalue weighted by molar-refractivity contribution is 0.191. The fraction of sp³-hybridized carbons (Fsp3) is 0.480. The number of carbonyl (C=O) groups excluding carboxylic acids is 1. The molecule has 6 nitrogen and oxygen atoms in total. The summed E-state index contributed by atoms with van der Waals surface area (Å²) in [5.41, 5.74) is 2.70. The van der Waals surface area contributed by atoms with E-state index in [-0.39, 0.29) is 17.9 Å². The second kappa shape index (κ2) is 10.3. The normalized spacial score (nSPS) is 20.2. The second-order valence-electron chi connectivity index (χ2n) is 8.98. The van der Waals surface area contributed by atoms with Crippen LogP contribution in [0.25, 0.3) is 0 Å². The van der Waals surface area contributed by atoms with E-state index in [2.05, 4.69) is 34.6 Å². The van der Waals surface area contributed by atoms with Crippen LogP contribution in [0.3, 0.4) is 0 Å². The maximum Gasteiger partial charge on any atom is 0.324 e. The first-order valence-corrected chi connectivity index (χ1v) is 11.6. The Hall–Kier alpha value is -2.64. The predicted octanol–water partition coefficient (Wildman–Crippen LogP) is 3.75. The zero-order valence-electron chi connectivity index (χ0n) is 19.1. The molecule has 172 valence electrons. The Labute approximate surface area is 190 Å². The van der Waals surface area contributed by atoms with Gasteiger partial charge in [-0.3, -0.25) is 9.80 Å². The molecule has 2 fully saturated rings. The standard InChI is InChI=1S/C25H34FN5O/c1-19-17-30(16-13-27-19)18-20-7-9-22(10-8-20)29(2)25(32)31-14-11-21(12-15-31)28-24-6-4-3-5-23(24)26/h3-10,19,21,27-28H,11-18H2,1-2H3/t19-/m0/s1. The predicted molar refractivity (Wildman–Crippen MR) is 128 cm³/mol. The summed E-state index contributed by atoms with van der Waals surface area (Å²) < 4.78 is 13.9. The number of piperazine rings is 1. The maximum atomic E-state index is 13.9. The average molecular weight is 440 g/mol. The summed E-state index contributed by atoms with van der Waals surface area (Å²) >= 11 is 0. The van der Waals surface area contributed by atoms with E-state index in [0.717, 1.165) is 44.7 Å². The molecule has 2 aliphatic heterocycles. The lowest BCUT2D eigenvalue weighted by Gasteiger charge is -2.35. The van der Waals surface area contributed by atoms with Crippen LogP contribution >= 0.6 is 0 Å². The number of nitrogens with one attached hydrogen (secondary N) is 2. The highest BCUT2D eigenvalue weighted by molar-refractivity contribution is 5.91. The number of anilines is 2. The summed E-state index contributed by atoms with van der Waals surface area (Å²) in [6.07, 6.45) is 1.60. The van der Waals surface area contributed by atoms with Gasteiger partial charge in [-0.1, -0.05) is 24.3 Å². The van der Waals surface area contributed by atoms with Crippen LogP contribution in [0.1, 0.15) is 25.3 Å². The third kappa shape index (κ3) is 5.58. The summed E-state index contributed by atoms with van der Waals surface area (Å²) in [5, 5.41) is 6.75. The molecule has 2 aromatic rings. The molecule has 2 N–H and O–H groups in total. The minimum atomic E-state index is -0.236. The zero-order chi connectivity index (χ0) is 22.5. The summed E-state index contributed by atoms with van der Waals surface area (Å²) in [6.45, 7) is 7.63. The maximum absolute atomic E-state index is 13.9. The number of hydrogen-bond acceptors (Lipinski definition) is 4. The van der Waals surface area contributed by atoms with Crippen LogP contribution in [0, 0.1) is 5.82 Å². The molecule has 0 radical (unpaired) electrons. The van der Waals surface area contributed by atoms with Crippen LogP contribution in [-0.4, -0.2) is 67.7 Å². The first-order chi connectivity index (χ1) is 15.5. The van der Waals surface area contributed by atoms with Crippen molar-refractivity contribution in [3.8, 4) is 0 Å². The van der Waals surface area contributed by atoms with Gasteiger partial charge in [0.25, 0.3) is 0 Å². The minimum absolute atomic E-state index is 0.0121. The van der Waals surface area contributed by atoms with Crippen molar-refractivity contribution >= 4 is 17.4 Å².